The Morgan fingerprint density at radius 1 is 1.28 bits per heavy atom. The van der Waals surface area contributed by atoms with Crippen molar-refractivity contribution in [1.29, 1.82) is 0 Å². The summed E-state index contributed by atoms with van der Waals surface area (Å²) >= 11 is 0. The minimum atomic E-state index is 0.0475. The van der Waals surface area contributed by atoms with Crippen LogP contribution in [-0.2, 0) is 0 Å². The van der Waals surface area contributed by atoms with E-state index in [0.29, 0.717) is 6.42 Å². The SMILES string of the molecule is C#CC/C=C(\C=C/C)C1(/C(C)=C/C=C\C)CCN(C(=C)NCC)CC1. The van der Waals surface area contributed by atoms with E-state index in [-0.39, 0.29) is 5.41 Å². The highest BCUT2D eigenvalue weighted by Gasteiger charge is 2.38. The summed E-state index contributed by atoms with van der Waals surface area (Å²) in [6, 6.07) is 0. The normalized spacial score (nSPS) is 18.6. The molecule has 1 aliphatic rings. The van der Waals surface area contributed by atoms with Crippen molar-refractivity contribution in [1.82, 2.24) is 10.2 Å². The van der Waals surface area contributed by atoms with E-state index in [4.69, 9.17) is 6.42 Å². The fraction of sp³-hybridized carbons (Fsp3) is 0.478. The molecule has 1 rings (SSSR count). The average Bonchev–Trinajstić information content (AvgIpc) is 2.63. The van der Waals surface area contributed by atoms with Gasteiger partial charge in [-0.1, -0.05) is 48.6 Å². The number of piperidine rings is 1. The van der Waals surface area contributed by atoms with Crippen LogP contribution in [0.5, 0.6) is 0 Å². The molecule has 25 heavy (non-hydrogen) atoms. The number of hydrogen-bond donors (Lipinski definition) is 1. The van der Waals surface area contributed by atoms with Gasteiger partial charge in [0.15, 0.2) is 0 Å². The molecule has 0 atom stereocenters. The summed E-state index contributed by atoms with van der Waals surface area (Å²) < 4.78 is 0. The molecule has 0 spiro atoms. The van der Waals surface area contributed by atoms with Gasteiger partial charge in [-0.05, 0) is 46.1 Å². The molecule has 2 heteroatoms. The van der Waals surface area contributed by atoms with Crippen molar-refractivity contribution in [3.05, 3.63) is 60.0 Å². The van der Waals surface area contributed by atoms with Crippen molar-refractivity contribution in [3.63, 3.8) is 0 Å². The molecular formula is C23H34N2. The number of nitrogens with zero attached hydrogens (tertiary/aromatic N) is 1. The summed E-state index contributed by atoms with van der Waals surface area (Å²) in [7, 11) is 0. The number of allylic oxidation sites excluding steroid dienone is 8. The van der Waals surface area contributed by atoms with Crippen LogP contribution < -0.4 is 5.32 Å². The third kappa shape index (κ3) is 5.43. The maximum absolute atomic E-state index is 5.52. The van der Waals surface area contributed by atoms with E-state index >= 15 is 0 Å². The van der Waals surface area contributed by atoms with E-state index in [2.05, 4.69) is 86.9 Å². The Morgan fingerprint density at radius 2 is 1.96 bits per heavy atom. The largest absolute Gasteiger partial charge is 0.373 e. The molecule has 1 aliphatic heterocycles. The molecule has 0 aliphatic carbocycles. The van der Waals surface area contributed by atoms with Gasteiger partial charge in [0, 0.05) is 31.5 Å². The summed E-state index contributed by atoms with van der Waals surface area (Å²) in [6.07, 6.45) is 21.4. The Labute approximate surface area is 155 Å². The molecule has 0 amide bonds. The number of hydrogen-bond acceptors (Lipinski definition) is 2. The summed E-state index contributed by atoms with van der Waals surface area (Å²) in [4.78, 5) is 2.36. The van der Waals surface area contributed by atoms with Crippen LogP contribution in [0.2, 0.25) is 0 Å². The quantitative estimate of drug-likeness (QED) is 0.483. The van der Waals surface area contributed by atoms with Gasteiger partial charge in [0.05, 0.1) is 5.82 Å². The van der Waals surface area contributed by atoms with E-state index in [1.807, 2.05) is 0 Å². The lowest BCUT2D eigenvalue weighted by atomic mass is 9.67. The maximum Gasteiger partial charge on any atom is 0.0938 e. The van der Waals surface area contributed by atoms with Gasteiger partial charge in [0.1, 0.15) is 0 Å². The van der Waals surface area contributed by atoms with Gasteiger partial charge in [0.25, 0.3) is 0 Å². The maximum atomic E-state index is 5.52. The zero-order valence-corrected chi connectivity index (χ0v) is 16.4. The molecule has 2 nitrogen and oxygen atoms in total. The Bertz CT molecular complexity index is 588. The number of nitrogens with one attached hydrogen (secondary N) is 1. The fourth-order valence-electron chi connectivity index (χ4n) is 3.56. The van der Waals surface area contributed by atoms with Crippen molar-refractivity contribution < 1.29 is 0 Å². The van der Waals surface area contributed by atoms with E-state index in [9.17, 15) is 0 Å². The smallest absolute Gasteiger partial charge is 0.0938 e. The van der Waals surface area contributed by atoms with Gasteiger partial charge in [0.2, 0.25) is 0 Å². The second-order valence-electron chi connectivity index (χ2n) is 6.49. The second kappa shape index (κ2) is 10.7. The van der Waals surface area contributed by atoms with E-state index in [0.717, 1.165) is 38.3 Å². The van der Waals surface area contributed by atoms with Crippen LogP contribution in [0.3, 0.4) is 0 Å². The van der Waals surface area contributed by atoms with Gasteiger partial charge in [-0.15, -0.1) is 12.3 Å². The predicted molar refractivity (Wildman–Crippen MR) is 111 cm³/mol. The Balaban J connectivity index is 3.19. The van der Waals surface area contributed by atoms with Gasteiger partial charge >= 0.3 is 0 Å². The van der Waals surface area contributed by atoms with E-state index in [1.165, 1.54) is 11.1 Å². The van der Waals surface area contributed by atoms with Crippen LogP contribution in [0.4, 0.5) is 0 Å². The highest BCUT2D eigenvalue weighted by atomic mass is 15.2. The lowest BCUT2D eigenvalue weighted by molar-refractivity contribution is 0.184. The first-order valence-corrected chi connectivity index (χ1v) is 9.30. The first-order valence-electron chi connectivity index (χ1n) is 9.30. The van der Waals surface area contributed by atoms with E-state index < -0.39 is 0 Å². The standard InChI is InChI=1S/C23H34N2/c1-7-11-14-20(5)23(22(13-9-3)15-12-8-2)16-18-25(19-17-23)21(6)24-10-4/h2,7,9,11,13-15,24H,6,10,12,16-19H2,1,3-5H3/b11-7-,13-9-,20-14+,22-15+. The van der Waals surface area contributed by atoms with Crippen LogP contribution in [0.1, 0.15) is 47.0 Å². The minimum Gasteiger partial charge on any atom is -0.373 e. The summed E-state index contributed by atoms with van der Waals surface area (Å²) in [5.41, 5.74) is 2.80. The van der Waals surface area contributed by atoms with Gasteiger partial charge in [-0.25, -0.2) is 0 Å². The highest BCUT2D eigenvalue weighted by Crippen LogP contribution is 2.46. The number of terminal acetylenes is 1. The van der Waals surface area contributed by atoms with Crippen LogP contribution in [0.15, 0.2) is 60.0 Å². The molecule has 1 heterocycles. The summed E-state index contributed by atoms with van der Waals surface area (Å²) in [6.45, 7) is 15.6. The molecule has 0 radical (unpaired) electrons. The first kappa shape index (κ1) is 20.9. The lowest BCUT2D eigenvalue weighted by Crippen LogP contribution is -2.43. The second-order valence-corrected chi connectivity index (χ2v) is 6.49. The molecule has 0 aromatic rings. The zero-order valence-electron chi connectivity index (χ0n) is 16.4. The van der Waals surface area contributed by atoms with Crippen molar-refractivity contribution >= 4 is 0 Å². The van der Waals surface area contributed by atoms with Gasteiger partial charge in [-0.3, -0.25) is 0 Å². The number of likely N-dealkylation sites (tertiary alicyclic amines) is 1. The lowest BCUT2D eigenvalue weighted by Gasteiger charge is -2.45. The van der Waals surface area contributed by atoms with E-state index in [1.54, 1.807) is 0 Å². The molecule has 0 aromatic heterocycles. The molecule has 1 saturated heterocycles. The van der Waals surface area contributed by atoms with Crippen molar-refractivity contribution in [2.24, 2.45) is 5.41 Å². The van der Waals surface area contributed by atoms with Crippen LogP contribution in [0, 0.1) is 17.8 Å². The van der Waals surface area contributed by atoms with Crippen molar-refractivity contribution in [2.45, 2.75) is 47.0 Å². The van der Waals surface area contributed by atoms with Crippen LogP contribution in [-0.4, -0.2) is 24.5 Å². The highest BCUT2D eigenvalue weighted by molar-refractivity contribution is 5.39. The molecule has 1 N–H and O–H groups in total. The van der Waals surface area contributed by atoms with Gasteiger partial charge < -0.3 is 10.2 Å². The summed E-state index contributed by atoms with van der Waals surface area (Å²) in [5.74, 6) is 3.79. The zero-order chi connectivity index (χ0) is 18.7. The Kier molecular flexibility index (Phi) is 8.92. The molecule has 136 valence electrons. The summed E-state index contributed by atoms with van der Waals surface area (Å²) in [5, 5.41) is 3.35. The third-order valence-corrected chi connectivity index (χ3v) is 5.01. The minimum absolute atomic E-state index is 0.0475. The molecule has 0 saturated carbocycles. The van der Waals surface area contributed by atoms with Crippen LogP contribution >= 0.6 is 0 Å². The molecule has 0 aromatic carbocycles. The molecular weight excluding hydrogens is 304 g/mol. The third-order valence-electron chi connectivity index (χ3n) is 5.01. The Hall–Kier alpha value is -2.14. The number of rotatable bonds is 8. The first-order chi connectivity index (χ1) is 12.1. The molecule has 0 unspecified atom stereocenters. The van der Waals surface area contributed by atoms with Crippen LogP contribution in [0.25, 0.3) is 0 Å². The molecule has 1 fully saturated rings. The van der Waals surface area contributed by atoms with Gasteiger partial charge in [-0.2, -0.15) is 0 Å². The Morgan fingerprint density at radius 3 is 2.48 bits per heavy atom. The topological polar surface area (TPSA) is 15.3 Å². The monoisotopic (exact) mass is 338 g/mol. The van der Waals surface area contributed by atoms with Crippen molar-refractivity contribution in [3.8, 4) is 12.3 Å². The van der Waals surface area contributed by atoms with Crippen molar-refractivity contribution in [2.75, 3.05) is 19.6 Å². The fourth-order valence-corrected chi connectivity index (χ4v) is 3.56. The average molecular weight is 339 g/mol. The predicted octanol–water partition coefficient (Wildman–Crippen LogP) is 5.20. The molecule has 0 bridgehead atoms.